The number of hydrogen-bond acceptors (Lipinski definition) is 2. The van der Waals surface area contributed by atoms with Gasteiger partial charge in [0, 0.05) is 18.3 Å². The van der Waals surface area contributed by atoms with Crippen LogP contribution in [0.15, 0.2) is 30.6 Å². The van der Waals surface area contributed by atoms with E-state index in [1.165, 1.54) is 41.6 Å². The number of hydrogen-bond donors (Lipinski definition) is 1. The van der Waals surface area contributed by atoms with Crippen molar-refractivity contribution in [2.75, 3.05) is 13.1 Å². The standard InChI is InChI=1S/C17H23N3/c1-13-6-14(2)8-16(7-13)17-10-19-20(12-17)11-15-4-3-5-18-9-15/h6-8,10,12,15,18H,3-5,9,11H2,1-2H3. The molecule has 1 aromatic carbocycles. The molecule has 1 atom stereocenters. The minimum absolute atomic E-state index is 0.718. The van der Waals surface area contributed by atoms with Crippen molar-refractivity contribution in [1.29, 1.82) is 0 Å². The zero-order valence-corrected chi connectivity index (χ0v) is 12.4. The molecule has 1 saturated heterocycles. The summed E-state index contributed by atoms with van der Waals surface area (Å²) in [5.74, 6) is 0.718. The predicted molar refractivity (Wildman–Crippen MR) is 82.7 cm³/mol. The molecular weight excluding hydrogens is 246 g/mol. The lowest BCUT2D eigenvalue weighted by Gasteiger charge is -2.22. The van der Waals surface area contributed by atoms with Crippen LogP contribution in [0.25, 0.3) is 11.1 Å². The number of aromatic nitrogens is 2. The molecule has 0 saturated carbocycles. The molecule has 0 aliphatic carbocycles. The summed E-state index contributed by atoms with van der Waals surface area (Å²) in [5.41, 5.74) is 5.12. The van der Waals surface area contributed by atoms with Gasteiger partial charge < -0.3 is 5.32 Å². The summed E-state index contributed by atoms with van der Waals surface area (Å²) in [6.45, 7) is 7.61. The Morgan fingerprint density at radius 2 is 2.00 bits per heavy atom. The normalized spacial score (nSPS) is 19.2. The van der Waals surface area contributed by atoms with E-state index in [9.17, 15) is 0 Å². The first-order valence-electron chi connectivity index (χ1n) is 7.52. The highest BCUT2D eigenvalue weighted by Gasteiger charge is 2.14. The van der Waals surface area contributed by atoms with E-state index in [2.05, 4.69) is 53.3 Å². The summed E-state index contributed by atoms with van der Waals surface area (Å²) in [7, 11) is 0. The second-order valence-corrected chi connectivity index (χ2v) is 6.04. The van der Waals surface area contributed by atoms with Gasteiger partial charge in [-0.3, -0.25) is 4.68 Å². The van der Waals surface area contributed by atoms with Crippen LogP contribution in [0.2, 0.25) is 0 Å². The molecule has 1 fully saturated rings. The molecule has 1 aromatic heterocycles. The van der Waals surface area contributed by atoms with Crippen LogP contribution in [0.1, 0.15) is 24.0 Å². The molecule has 0 radical (unpaired) electrons. The Hall–Kier alpha value is -1.61. The second-order valence-electron chi connectivity index (χ2n) is 6.04. The maximum atomic E-state index is 4.53. The molecule has 0 amide bonds. The van der Waals surface area contributed by atoms with E-state index in [1.54, 1.807) is 0 Å². The van der Waals surface area contributed by atoms with Crippen molar-refractivity contribution in [2.24, 2.45) is 5.92 Å². The highest BCUT2D eigenvalue weighted by atomic mass is 15.3. The van der Waals surface area contributed by atoms with E-state index < -0.39 is 0 Å². The number of nitrogens with zero attached hydrogens (tertiary/aromatic N) is 2. The Kier molecular flexibility index (Phi) is 3.88. The quantitative estimate of drug-likeness (QED) is 0.927. The van der Waals surface area contributed by atoms with Gasteiger partial charge in [0.15, 0.2) is 0 Å². The van der Waals surface area contributed by atoms with Crippen LogP contribution in [0.5, 0.6) is 0 Å². The third-order valence-corrected chi connectivity index (χ3v) is 4.03. The molecule has 1 aliphatic heterocycles. The van der Waals surface area contributed by atoms with E-state index in [1.807, 2.05) is 6.20 Å². The number of benzene rings is 1. The molecule has 3 rings (SSSR count). The van der Waals surface area contributed by atoms with E-state index in [0.29, 0.717) is 0 Å². The van der Waals surface area contributed by atoms with Crippen LogP contribution in [0.3, 0.4) is 0 Å². The minimum atomic E-state index is 0.718. The first-order valence-corrected chi connectivity index (χ1v) is 7.52. The Bertz CT molecular complexity index is 559. The lowest BCUT2D eigenvalue weighted by atomic mass is 10.00. The van der Waals surface area contributed by atoms with Gasteiger partial charge in [-0.2, -0.15) is 5.10 Å². The average molecular weight is 269 g/mol. The fourth-order valence-electron chi connectivity index (χ4n) is 3.10. The molecule has 1 N–H and O–H groups in total. The first-order chi connectivity index (χ1) is 9.70. The largest absolute Gasteiger partial charge is 0.316 e. The molecule has 106 valence electrons. The van der Waals surface area contributed by atoms with Crippen LogP contribution in [-0.2, 0) is 6.54 Å². The van der Waals surface area contributed by atoms with Crippen molar-refractivity contribution in [3.8, 4) is 11.1 Å². The van der Waals surface area contributed by atoms with Crippen LogP contribution < -0.4 is 5.32 Å². The smallest absolute Gasteiger partial charge is 0.0568 e. The summed E-state index contributed by atoms with van der Waals surface area (Å²) >= 11 is 0. The molecule has 3 nitrogen and oxygen atoms in total. The third-order valence-electron chi connectivity index (χ3n) is 4.03. The summed E-state index contributed by atoms with van der Waals surface area (Å²) in [6.07, 6.45) is 6.77. The van der Waals surface area contributed by atoms with E-state index in [-0.39, 0.29) is 0 Å². The Morgan fingerprint density at radius 1 is 1.20 bits per heavy atom. The number of piperidine rings is 1. The summed E-state index contributed by atoms with van der Waals surface area (Å²) in [4.78, 5) is 0. The Labute approximate surface area is 121 Å². The second kappa shape index (κ2) is 5.80. The maximum absolute atomic E-state index is 4.53. The fourth-order valence-corrected chi connectivity index (χ4v) is 3.10. The minimum Gasteiger partial charge on any atom is -0.316 e. The van der Waals surface area contributed by atoms with Gasteiger partial charge in [-0.1, -0.05) is 29.3 Å². The third kappa shape index (κ3) is 3.10. The molecule has 1 aliphatic rings. The lowest BCUT2D eigenvalue weighted by molar-refractivity contribution is 0.325. The molecule has 0 spiro atoms. The zero-order chi connectivity index (χ0) is 13.9. The van der Waals surface area contributed by atoms with Gasteiger partial charge in [0.1, 0.15) is 0 Å². The predicted octanol–water partition coefficient (Wildman–Crippen LogP) is 3.17. The van der Waals surface area contributed by atoms with Crippen molar-refractivity contribution in [3.63, 3.8) is 0 Å². The van der Waals surface area contributed by atoms with Gasteiger partial charge in [0.2, 0.25) is 0 Å². The summed E-state index contributed by atoms with van der Waals surface area (Å²) in [6, 6.07) is 6.68. The van der Waals surface area contributed by atoms with E-state index in [4.69, 9.17) is 0 Å². The van der Waals surface area contributed by atoms with Crippen molar-refractivity contribution in [2.45, 2.75) is 33.2 Å². The average Bonchev–Trinajstić information content (AvgIpc) is 2.87. The highest BCUT2D eigenvalue weighted by molar-refractivity contribution is 5.63. The Balaban J connectivity index is 1.75. The monoisotopic (exact) mass is 269 g/mol. The van der Waals surface area contributed by atoms with Crippen molar-refractivity contribution in [1.82, 2.24) is 15.1 Å². The molecule has 3 heteroatoms. The SMILES string of the molecule is Cc1cc(C)cc(-c2cnn(CC3CCCNC3)c2)c1. The van der Waals surface area contributed by atoms with Crippen molar-refractivity contribution < 1.29 is 0 Å². The first kappa shape index (κ1) is 13.4. The Morgan fingerprint density at radius 3 is 2.70 bits per heavy atom. The fraction of sp³-hybridized carbons (Fsp3) is 0.471. The topological polar surface area (TPSA) is 29.9 Å². The van der Waals surface area contributed by atoms with E-state index >= 15 is 0 Å². The zero-order valence-electron chi connectivity index (χ0n) is 12.4. The van der Waals surface area contributed by atoms with Gasteiger partial charge in [0.05, 0.1) is 6.20 Å². The molecular formula is C17H23N3. The van der Waals surface area contributed by atoms with Crippen LogP contribution in [0, 0.1) is 19.8 Å². The summed E-state index contributed by atoms with van der Waals surface area (Å²) in [5, 5.41) is 8.00. The molecule has 1 unspecified atom stereocenters. The molecule has 0 bridgehead atoms. The van der Waals surface area contributed by atoms with Crippen molar-refractivity contribution >= 4 is 0 Å². The maximum Gasteiger partial charge on any atom is 0.0568 e. The number of rotatable bonds is 3. The lowest BCUT2D eigenvalue weighted by Crippen LogP contribution is -2.32. The van der Waals surface area contributed by atoms with Crippen molar-refractivity contribution in [3.05, 3.63) is 41.7 Å². The van der Waals surface area contributed by atoms with Crippen LogP contribution >= 0.6 is 0 Å². The van der Waals surface area contributed by atoms with Crippen LogP contribution in [0.4, 0.5) is 0 Å². The molecule has 2 aromatic rings. The molecule has 2 heterocycles. The van der Waals surface area contributed by atoms with Crippen LogP contribution in [-0.4, -0.2) is 22.9 Å². The summed E-state index contributed by atoms with van der Waals surface area (Å²) < 4.78 is 2.10. The van der Waals surface area contributed by atoms with E-state index in [0.717, 1.165) is 19.0 Å². The highest BCUT2D eigenvalue weighted by Crippen LogP contribution is 2.22. The van der Waals surface area contributed by atoms with Gasteiger partial charge >= 0.3 is 0 Å². The molecule has 20 heavy (non-hydrogen) atoms. The number of aryl methyl sites for hydroxylation is 2. The van der Waals surface area contributed by atoms with Gasteiger partial charge in [-0.25, -0.2) is 0 Å². The van der Waals surface area contributed by atoms with Gasteiger partial charge in [-0.05, 0) is 51.3 Å². The van der Waals surface area contributed by atoms with Gasteiger partial charge in [-0.15, -0.1) is 0 Å². The van der Waals surface area contributed by atoms with Gasteiger partial charge in [0.25, 0.3) is 0 Å². The number of nitrogens with one attached hydrogen (secondary N) is 1.